The smallest absolute Gasteiger partial charge is 0.339 e. The largest absolute Gasteiger partial charge is 0.496 e. The van der Waals surface area contributed by atoms with Gasteiger partial charge in [0.05, 0.1) is 24.7 Å². The van der Waals surface area contributed by atoms with Crippen molar-refractivity contribution in [3.63, 3.8) is 0 Å². The lowest BCUT2D eigenvalue weighted by atomic mass is 10.1. The van der Waals surface area contributed by atoms with Crippen molar-refractivity contribution in [3.05, 3.63) is 63.7 Å². The van der Waals surface area contributed by atoms with Gasteiger partial charge < -0.3 is 14.8 Å². The first-order chi connectivity index (χ1) is 11.1. The first-order valence-electron chi connectivity index (χ1n) is 6.79. The van der Waals surface area contributed by atoms with Crippen LogP contribution in [0, 0.1) is 10.1 Å². The van der Waals surface area contributed by atoms with Gasteiger partial charge in [0, 0.05) is 29.9 Å². The van der Waals surface area contributed by atoms with Crippen LogP contribution in [0.5, 0.6) is 5.75 Å². The van der Waals surface area contributed by atoms with Crippen molar-refractivity contribution in [2.45, 2.75) is 6.54 Å². The van der Waals surface area contributed by atoms with E-state index in [9.17, 15) is 14.9 Å². The molecule has 0 fully saturated rings. The van der Waals surface area contributed by atoms with Gasteiger partial charge in [-0.05, 0) is 18.2 Å². The van der Waals surface area contributed by atoms with E-state index in [1.807, 2.05) is 0 Å². The van der Waals surface area contributed by atoms with Gasteiger partial charge in [-0.25, -0.2) is 4.79 Å². The average molecular weight is 316 g/mol. The third-order valence-corrected chi connectivity index (χ3v) is 3.28. The molecule has 0 aliphatic rings. The maximum atomic E-state index is 11.7. The molecule has 120 valence electrons. The number of benzene rings is 2. The predicted octanol–water partition coefficient (Wildman–Crippen LogP) is 3.00. The standard InChI is InChI=1S/C16H16N2O5/c1-22-15-8-7-12(18(20)21)9-11(15)10-17-14-6-4-3-5-13(14)16(19)23-2/h3-9,17H,10H2,1-2H3. The van der Waals surface area contributed by atoms with Gasteiger partial charge in [-0.1, -0.05) is 12.1 Å². The summed E-state index contributed by atoms with van der Waals surface area (Å²) in [6, 6.07) is 11.2. The Kier molecular flexibility index (Phi) is 5.14. The molecule has 0 saturated carbocycles. The second-order valence-electron chi connectivity index (χ2n) is 4.64. The van der Waals surface area contributed by atoms with Crippen LogP contribution in [0.15, 0.2) is 42.5 Å². The van der Waals surface area contributed by atoms with E-state index in [0.29, 0.717) is 22.6 Å². The zero-order chi connectivity index (χ0) is 16.8. The lowest BCUT2D eigenvalue weighted by Gasteiger charge is -2.13. The minimum Gasteiger partial charge on any atom is -0.496 e. The van der Waals surface area contributed by atoms with Gasteiger partial charge in [-0.2, -0.15) is 0 Å². The van der Waals surface area contributed by atoms with Gasteiger partial charge in [-0.15, -0.1) is 0 Å². The van der Waals surface area contributed by atoms with Gasteiger partial charge in [0.2, 0.25) is 0 Å². The molecule has 0 radical (unpaired) electrons. The number of nitro benzene ring substituents is 1. The van der Waals surface area contributed by atoms with E-state index in [2.05, 4.69) is 5.32 Å². The van der Waals surface area contributed by atoms with Crippen molar-refractivity contribution in [1.82, 2.24) is 0 Å². The van der Waals surface area contributed by atoms with Gasteiger partial charge in [0.15, 0.2) is 0 Å². The van der Waals surface area contributed by atoms with Crippen molar-refractivity contribution < 1.29 is 19.2 Å². The monoisotopic (exact) mass is 316 g/mol. The van der Waals surface area contributed by atoms with Gasteiger partial charge in [0.25, 0.3) is 5.69 Å². The fourth-order valence-electron chi connectivity index (χ4n) is 2.13. The molecular formula is C16H16N2O5. The minimum atomic E-state index is -0.467. The van der Waals surface area contributed by atoms with Gasteiger partial charge >= 0.3 is 5.97 Å². The molecule has 0 amide bonds. The number of nitrogens with one attached hydrogen (secondary N) is 1. The third kappa shape index (κ3) is 3.76. The lowest BCUT2D eigenvalue weighted by molar-refractivity contribution is -0.384. The molecule has 0 unspecified atom stereocenters. The highest BCUT2D eigenvalue weighted by Crippen LogP contribution is 2.25. The van der Waals surface area contributed by atoms with E-state index in [1.54, 1.807) is 30.3 Å². The summed E-state index contributed by atoms with van der Waals surface area (Å²) >= 11 is 0. The first kappa shape index (κ1) is 16.3. The van der Waals surface area contributed by atoms with Crippen LogP contribution in [-0.2, 0) is 11.3 Å². The van der Waals surface area contributed by atoms with Crippen LogP contribution in [-0.4, -0.2) is 25.1 Å². The second-order valence-corrected chi connectivity index (χ2v) is 4.64. The molecule has 0 atom stereocenters. The molecule has 2 rings (SSSR count). The number of nitrogens with zero attached hydrogens (tertiary/aromatic N) is 1. The molecule has 0 bridgehead atoms. The first-order valence-corrected chi connectivity index (χ1v) is 6.79. The summed E-state index contributed by atoms with van der Waals surface area (Å²) in [6.07, 6.45) is 0. The molecule has 0 saturated heterocycles. The maximum Gasteiger partial charge on any atom is 0.339 e. The molecule has 1 N–H and O–H groups in total. The lowest BCUT2D eigenvalue weighted by Crippen LogP contribution is -2.09. The number of ether oxygens (including phenoxy) is 2. The Labute approximate surface area is 133 Å². The van der Waals surface area contributed by atoms with Crippen LogP contribution in [0.1, 0.15) is 15.9 Å². The number of methoxy groups -OCH3 is 2. The van der Waals surface area contributed by atoms with Crippen molar-refractivity contribution >= 4 is 17.3 Å². The van der Waals surface area contributed by atoms with E-state index < -0.39 is 10.9 Å². The average Bonchev–Trinajstić information content (AvgIpc) is 2.59. The molecule has 7 nitrogen and oxygen atoms in total. The summed E-state index contributed by atoms with van der Waals surface area (Å²) < 4.78 is 9.94. The molecule has 0 spiro atoms. The Bertz CT molecular complexity index is 730. The Hall–Kier alpha value is -3.09. The van der Waals surface area contributed by atoms with Crippen LogP contribution in [0.3, 0.4) is 0 Å². The summed E-state index contributed by atoms with van der Waals surface area (Å²) in [4.78, 5) is 22.2. The Balaban J connectivity index is 2.26. The number of non-ortho nitro benzene ring substituents is 1. The molecule has 2 aromatic carbocycles. The van der Waals surface area contributed by atoms with Crippen LogP contribution in [0.4, 0.5) is 11.4 Å². The summed E-state index contributed by atoms with van der Waals surface area (Å²) in [5, 5.41) is 14.0. The van der Waals surface area contributed by atoms with E-state index >= 15 is 0 Å². The Morgan fingerprint density at radius 2 is 1.96 bits per heavy atom. The molecule has 2 aromatic rings. The third-order valence-electron chi connectivity index (χ3n) is 3.28. The number of rotatable bonds is 6. The fourth-order valence-corrected chi connectivity index (χ4v) is 2.13. The van der Waals surface area contributed by atoms with Crippen molar-refractivity contribution in [2.75, 3.05) is 19.5 Å². The molecule has 7 heteroatoms. The molecule has 0 heterocycles. The fraction of sp³-hybridized carbons (Fsp3) is 0.188. The highest BCUT2D eigenvalue weighted by Gasteiger charge is 2.14. The number of hydrogen-bond donors (Lipinski definition) is 1. The van der Waals surface area contributed by atoms with Crippen molar-refractivity contribution in [1.29, 1.82) is 0 Å². The summed E-state index contributed by atoms with van der Waals surface area (Å²) in [5.74, 6) is 0.0674. The van der Waals surface area contributed by atoms with E-state index in [-0.39, 0.29) is 12.2 Å². The molecule has 0 aliphatic heterocycles. The minimum absolute atomic E-state index is 0.0242. The number of hydrogen-bond acceptors (Lipinski definition) is 6. The number of nitro groups is 1. The molecule has 0 aromatic heterocycles. The number of para-hydroxylation sites is 1. The van der Waals surface area contributed by atoms with Crippen LogP contribution in [0.2, 0.25) is 0 Å². The normalized spacial score (nSPS) is 10.0. The Morgan fingerprint density at radius 1 is 1.22 bits per heavy atom. The molecular weight excluding hydrogens is 300 g/mol. The zero-order valence-electron chi connectivity index (χ0n) is 12.7. The van der Waals surface area contributed by atoms with E-state index in [4.69, 9.17) is 9.47 Å². The highest BCUT2D eigenvalue weighted by molar-refractivity contribution is 5.95. The Morgan fingerprint density at radius 3 is 2.61 bits per heavy atom. The number of carbonyl (C=O) groups is 1. The van der Waals surface area contributed by atoms with Crippen molar-refractivity contribution in [3.8, 4) is 5.75 Å². The van der Waals surface area contributed by atoms with Crippen molar-refractivity contribution in [2.24, 2.45) is 0 Å². The van der Waals surface area contributed by atoms with Crippen LogP contribution in [0.25, 0.3) is 0 Å². The molecule has 23 heavy (non-hydrogen) atoms. The highest BCUT2D eigenvalue weighted by atomic mass is 16.6. The molecule has 0 aliphatic carbocycles. The summed E-state index contributed by atoms with van der Waals surface area (Å²) in [6.45, 7) is 0.263. The van der Waals surface area contributed by atoms with Crippen LogP contribution >= 0.6 is 0 Å². The second kappa shape index (κ2) is 7.26. The number of esters is 1. The van der Waals surface area contributed by atoms with Crippen LogP contribution < -0.4 is 10.1 Å². The maximum absolute atomic E-state index is 11.7. The quantitative estimate of drug-likeness (QED) is 0.500. The van der Waals surface area contributed by atoms with Gasteiger partial charge in [-0.3, -0.25) is 10.1 Å². The summed E-state index contributed by atoms with van der Waals surface area (Å²) in [5.41, 5.74) is 1.55. The predicted molar refractivity (Wildman–Crippen MR) is 84.8 cm³/mol. The van der Waals surface area contributed by atoms with Gasteiger partial charge in [0.1, 0.15) is 5.75 Å². The summed E-state index contributed by atoms with van der Waals surface area (Å²) in [7, 11) is 2.80. The van der Waals surface area contributed by atoms with E-state index in [1.165, 1.54) is 26.4 Å². The number of anilines is 1. The topological polar surface area (TPSA) is 90.7 Å². The SMILES string of the molecule is COC(=O)c1ccccc1NCc1cc([N+](=O)[O-])ccc1OC. The zero-order valence-corrected chi connectivity index (χ0v) is 12.7. The van der Waals surface area contributed by atoms with E-state index in [0.717, 1.165) is 0 Å². The number of carbonyl (C=O) groups excluding carboxylic acids is 1.